The van der Waals surface area contributed by atoms with Crippen LogP contribution in [-0.2, 0) is 4.79 Å². The summed E-state index contributed by atoms with van der Waals surface area (Å²) in [5.74, 6) is 1.66. The highest BCUT2D eigenvalue weighted by Crippen LogP contribution is 2.09. The Morgan fingerprint density at radius 2 is 2.33 bits per heavy atom. The Hall–Kier alpha value is -1.23. The number of hydrogen-bond donors (Lipinski definition) is 2. The van der Waals surface area contributed by atoms with Gasteiger partial charge in [-0.15, -0.1) is 0 Å². The quantitative estimate of drug-likeness (QED) is 0.802. The monoisotopic (exact) mass is 225 g/mol. The van der Waals surface area contributed by atoms with E-state index in [1.165, 1.54) is 0 Å². The van der Waals surface area contributed by atoms with Crippen LogP contribution in [0.15, 0.2) is 18.3 Å². The second kappa shape index (κ2) is 6.29. The molecule has 0 radical (unpaired) electrons. The number of pyridine rings is 1. The van der Waals surface area contributed by atoms with Gasteiger partial charge in [0.2, 0.25) is 5.91 Å². The van der Waals surface area contributed by atoms with Crippen molar-refractivity contribution in [2.45, 2.75) is 6.42 Å². The summed E-state index contributed by atoms with van der Waals surface area (Å²) in [6, 6.07) is 3.65. The SMILES string of the molecule is CNc1ccc(NC(=O)CCSC)cn1. The Labute approximate surface area is 93.9 Å². The Morgan fingerprint density at radius 3 is 2.87 bits per heavy atom. The first kappa shape index (κ1) is 11.8. The number of carbonyl (C=O) groups is 1. The molecule has 82 valence electrons. The zero-order chi connectivity index (χ0) is 11.1. The minimum absolute atomic E-state index is 0.0309. The van der Waals surface area contributed by atoms with E-state index in [-0.39, 0.29) is 5.91 Å². The van der Waals surface area contributed by atoms with E-state index in [4.69, 9.17) is 0 Å². The first-order chi connectivity index (χ1) is 7.26. The van der Waals surface area contributed by atoms with Crippen molar-refractivity contribution < 1.29 is 4.79 Å². The molecule has 0 saturated carbocycles. The predicted octanol–water partition coefficient (Wildman–Crippen LogP) is 1.81. The number of nitrogens with zero attached hydrogens (tertiary/aromatic N) is 1. The van der Waals surface area contributed by atoms with Gasteiger partial charge in [0.15, 0.2) is 0 Å². The van der Waals surface area contributed by atoms with Crippen molar-refractivity contribution in [3.05, 3.63) is 18.3 Å². The van der Waals surface area contributed by atoms with Crippen LogP contribution in [0.25, 0.3) is 0 Å². The third-order valence-corrected chi connectivity index (χ3v) is 2.45. The number of amides is 1. The van der Waals surface area contributed by atoms with E-state index in [1.807, 2.05) is 18.4 Å². The standard InChI is InChI=1S/C10H15N3OS/c1-11-9-4-3-8(7-12-9)13-10(14)5-6-15-2/h3-4,7H,5-6H2,1-2H3,(H,11,12)(H,13,14). The van der Waals surface area contributed by atoms with Gasteiger partial charge in [0.05, 0.1) is 11.9 Å². The summed E-state index contributed by atoms with van der Waals surface area (Å²) in [7, 11) is 1.80. The lowest BCUT2D eigenvalue weighted by atomic mass is 10.3. The van der Waals surface area contributed by atoms with Gasteiger partial charge >= 0.3 is 0 Å². The molecule has 15 heavy (non-hydrogen) atoms. The second-order valence-corrected chi connectivity index (χ2v) is 3.96. The Kier molecular flexibility index (Phi) is 4.97. The third kappa shape index (κ3) is 4.20. The molecule has 2 N–H and O–H groups in total. The minimum atomic E-state index is 0.0309. The van der Waals surface area contributed by atoms with Crippen molar-refractivity contribution in [3.8, 4) is 0 Å². The molecular formula is C10H15N3OS. The van der Waals surface area contributed by atoms with E-state index < -0.39 is 0 Å². The van der Waals surface area contributed by atoms with Gasteiger partial charge in [0.25, 0.3) is 0 Å². The molecule has 0 spiro atoms. The minimum Gasteiger partial charge on any atom is -0.373 e. The van der Waals surface area contributed by atoms with Gasteiger partial charge in [-0.1, -0.05) is 0 Å². The molecule has 1 aromatic rings. The fourth-order valence-corrected chi connectivity index (χ4v) is 1.42. The molecule has 0 fully saturated rings. The molecule has 0 bridgehead atoms. The Balaban J connectivity index is 2.46. The molecular weight excluding hydrogens is 210 g/mol. The van der Waals surface area contributed by atoms with E-state index >= 15 is 0 Å². The molecule has 4 nitrogen and oxygen atoms in total. The third-order valence-electron chi connectivity index (χ3n) is 1.84. The largest absolute Gasteiger partial charge is 0.373 e. The first-order valence-electron chi connectivity index (χ1n) is 4.69. The Morgan fingerprint density at radius 1 is 1.53 bits per heavy atom. The van der Waals surface area contributed by atoms with Gasteiger partial charge in [-0.25, -0.2) is 4.98 Å². The van der Waals surface area contributed by atoms with Crippen molar-refractivity contribution in [2.24, 2.45) is 0 Å². The lowest BCUT2D eigenvalue weighted by Gasteiger charge is -2.04. The number of nitrogens with one attached hydrogen (secondary N) is 2. The average molecular weight is 225 g/mol. The summed E-state index contributed by atoms with van der Waals surface area (Å²) in [5.41, 5.74) is 0.736. The molecule has 0 atom stereocenters. The summed E-state index contributed by atoms with van der Waals surface area (Å²) in [5, 5.41) is 5.70. The molecule has 0 aliphatic rings. The zero-order valence-corrected chi connectivity index (χ0v) is 9.73. The van der Waals surface area contributed by atoms with Gasteiger partial charge in [0.1, 0.15) is 5.82 Å². The van der Waals surface area contributed by atoms with Crippen LogP contribution >= 0.6 is 11.8 Å². The maximum atomic E-state index is 11.4. The normalized spacial score (nSPS) is 9.73. The lowest BCUT2D eigenvalue weighted by Crippen LogP contribution is -2.12. The smallest absolute Gasteiger partial charge is 0.225 e. The first-order valence-corrected chi connectivity index (χ1v) is 6.08. The molecule has 0 aliphatic heterocycles. The van der Waals surface area contributed by atoms with E-state index in [0.29, 0.717) is 6.42 Å². The summed E-state index contributed by atoms with van der Waals surface area (Å²) in [4.78, 5) is 15.5. The zero-order valence-electron chi connectivity index (χ0n) is 8.91. The Bertz CT molecular complexity index is 313. The van der Waals surface area contributed by atoms with Gasteiger partial charge in [-0.3, -0.25) is 4.79 Å². The van der Waals surface area contributed by atoms with E-state index in [1.54, 1.807) is 25.0 Å². The summed E-state index contributed by atoms with van der Waals surface area (Å²) in [6.45, 7) is 0. The van der Waals surface area contributed by atoms with Crippen molar-refractivity contribution in [1.29, 1.82) is 0 Å². The highest BCUT2D eigenvalue weighted by molar-refractivity contribution is 7.98. The fraction of sp³-hybridized carbons (Fsp3) is 0.400. The number of aromatic nitrogens is 1. The highest BCUT2D eigenvalue weighted by Gasteiger charge is 2.01. The number of thioether (sulfide) groups is 1. The maximum Gasteiger partial charge on any atom is 0.225 e. The number of carbonyl (C=O) groups excluding carboxylic acids is 1. The molecule has 1 aromatic heterocycles. The fourth-order valence-electron chi connectivity index (χ4n) is 1.03. The van der Waals surface area contributed by atoms with Crippen LogP contribution in [0.2, 0.25) is 0 Å². The molecule has 1 amide bonds. The van der Waals surface area contributed by atoms with Crippen LogP contribution in [0.5, 0.6) is 0 Å². The number of hydrogen-bond acceptors (Lipinski definition) is 4. The molecule has 0 aliphatic carbocycles. The van der Waals surface area contributed by atoms with Crippen LogP contribution in [0.3, 0.4) is 0 Å². The van der Waals surface area contributed by atoms with Gasteiger partial charge in [0, 0.05) is 19.2 Å². The van der Waals surface area contributed by atoms with Gasteiger partial charge in [-0.05, 0) is 18.4 Å². The van der Waals surface area contributed by atoms with Crippen LogP contribution < -0.4 is 10.6 Å². The molecule has 5 heteroatoms. The lowest BCUT2D eigenvalue weighted by molar-refractivity contribution is -0.115. The van der Waals surface area contributed by atoms with Gasteiger partial charge in [-0.2, -0.15) is 11.8 Å². The van der Waals surface area contributed by atoms with Crippen LogP contribution in [-0.4, -0.2) is 29.9 Å². The highest BCUT2D eigenvalue weighted by atomic mass is 32.2. The van der Waals surface area contributed by atoms with Crippen molar-refractivity contribution in [3.63, 3.8) is 0 Å². The molecule has 1 rings (SSSR count). The van der Waals surface area contributed by atoms with E-state index in [0.717, 1.165) is 17.3 Å². The number of anilines is 2. The molecule has 1 heterocycles. The molecule has 0 unspecified atom stereocenters. The molecule has 0 saturated heterocycles. The van der Waals surface area contributed by atoms with Crippen LogP contribution in [0.1, 0.15) is 6.42 Å². The van der Waals surface area contributed by atoms with Crippen molar-refractivity contribution in [2.75, 3.05) is 29.7 Å². The predicted molar refractivity (Wildman–Crippen MR) is 65.4 cm³/mol. The summed E-state index contributed by atoms with van der Waals surface area (Å²) in [6.07, 6.45) is 4.16. The van der Waals surface area contributed by atoms with E-state index in [9.17, 15) is 4.79 Å². The average Bonchev–Trinajstić information content (AvgIpc) is 2.27. The van der Waals surface area contributed by atoms with Crippen molar-refractivity contribution in [1.82, 2.24) is 4.98 Å². The van der Waals surface area contributed by atoms with E-state index in [2.05, 4.69) is 15.6 Å². The maximum absolute atomic E-state index is 11.4. The van der Waals surface area contributed by atoms with Gasteiger partial charge < -0.3 is 10.6 Å². The molecule has 0 aromatic carbocycles. The number of rotatable bonds is 5. The van der Waals surface area contributed by atoms with Crippen LogP contribution in [0, 0.1) is 0 Å². The summed E-state index contributed by atoms with van der Waals surface area (Å²) >= 11 is 1.66. The topological polar surface area (TPSA) is 54.0 Å². The van der Waals surface area contributed by atoms with Crippen LogP contribution in [0.4, 0.5) is 11.5 Å². The second-order valence-electron chi connectivity index (χ2n) is 2.97. The summed E-state index contributed by atoms with van der Waals surface area (Å²) < 4.78 is 0. The van der Waals surface area contributed by atoms with Crippen molar-refractivity contribution >= 4 is 29.2 Å².